The van der Waals surface area contributed by atoms with Crippen molar-refractivity contribution in [1.29, 1.82) is 0 Å². The molecule has 0 saturated heterocycles. The van der Waals surface area contributed by atoms with Gasteiger partial charge in [0.2, 0.25) is 0 Å². The fraction of sp³-hybridized carbons (Fsp3) is 0.779. The first-order valence-corrected chi connectivity index (χ1v) is 36.1. The lowest BCUT2D eigenvalue weighted by atomic mass is 10.0. The van der Waals surface area contributed by atoms with E-state index >= 15 is 0 Å². The van der Waals surface area contributed by atoms with E-state index in [0.29, 0.717) is 19.3 Å². The summed E-state index contributed by atoms with van der Waals surface area (Å²) >= 11 is 0. The summed E-state index contributed by atoms with van der Waals surface area (Å²) in [6.07, 6.45) is 94.7. The zero-order chi connectivity index (χ0) is 59.9. The van der Waals surface area contributed by atoms with E-state index in [-0.39, 0.29) is 31.1 Å². The molecule has 6 heteroatoms. The Morgan fingerprint density at radius 3 is 0.759 bits per heavy atom. The molecule has 1 unspecified atom stereocenters. The summed E-state index contributed by atoms with van der Waals surface area (Å²) in [5.41, 5.74) is 0. The van der Waals surface area contributed by atoms with Crippen LogP contribution >= 0.6 is 0 Å². The van der Waals surface area contributed by atoms with E-state index in [9.17, 15) is 14.4 Å². The van der Waals surface area contributed by atoms with Gasteiger partial charge in [0.15, 0.2) is 6.10 Å². The number of rotatable bonds is 66. The first-order valence-electron chi connectivity index (χ1n) is 36.1. The minimum Gasteiger partial charge on any atom is -0.462 e. The van der Waals surface area contributed by atoms with Crippen LogP contribution in [0.5, 0.6) is 0 Å². The summed E-state index contributed by atoms with van der Waals surface area (Å²) in [6, 6.07) is 0. The molecule has 0 heterocycles. The summed E-state index contributed by atoms with van der Waals surface area (Å²) < 4.78 is 17.0. The topological polar surface area (TPSA) is 78.9 Å². The molecule has 0 N–H and O–H groups in total. The van der Waals surface area contributed by atoms with Crippen molar-refractivity contribution in [3.8, 4) is 0 Å². The van der Waals surface area contributed by atoms with Gasteiger partial charge < -0.3 is 14.2 Å². The minimum absolute atomic E-state index is 0.0784. The average molecular weight is 1160 g/mol. The number of ether oxygens (including phenoxy) is 3. The van der Waals surface area contributed by atoms with E-state index in [1.165, 1.54) is 225 Å². The highest BCUT2D eigenvalue weighted by Gasteiger charge is 2.19. The molecule has 6 nitrogen and oxygen atoms in total. The molecule has 0 bridgehead atoms. The molecule has 0 aromatic carbocycles. The molecule has 0 aliphatic carbocycles. The van der Waals surface area contributed by atoms with Gasteiger partial charge in [0.25, 0.3) is 0 Å². The SMILES string of the molecule is CC/C=C\C/C=C\C/C=C\C/C=C\CCCCCCCCCCCCCCCCCCCCC(=O)OCC(COC(=O)CCCCCCC/C=C\CCCCCCCCC)OC(=O)CCCCCCCCC/C=C\C/C=C\CCCCCC. The molecule has 0 saturated carbocycles. The molecule has 0 radical (unpaired) electrons. The lowest BCUT2D eigenvalue weighted by Gasteiger charge is -2.18. The molecule has 0 aromatic rings. The summed E-state index contributed by atoms with van der Waals surface area (Å²) in [6.45, 7) is 6.55. The van der Waals surface area contributed by atoms with Gasteiger partial charge in [0.1, 0.15) is 13.2 Å². The number of hydrogen-bond acceptors (Lipinski definition) is 6. The van der Waals surface area contributed by atoms with Crippen LogP contribution < -0.4 is 0 Å². The quantitative estimate of drug-likeness (QED) is 0.0261. The van der Waals surface area contributed by atoms with Crippen LogP contribution in [-0.4, -0.2) is 37.2 Å². The molecule has 1 atom stereocenters. The van der Waals surface area contributed by atoms with Crippen molar-refractivity contribution in [2.24, 2.45) is 0 Å². The van der Waals surface area contributed by atoms with Gasteiger partial charge in [-0.15, -0.1) is 0 Å². The van der Waals surface area contributed by atoms with Gasteiger partial charge in [-0.2, -0.15) is 0 Å². The van der Waals surface area contributed by atoms with Crippen molar-refractivity contribution >= 4 is 17.9 Å². The predicted octanol–water partition coefficient (Wildman–Crippen LogP) is 25.0. The molecule has 83 heavy (non-hydrogen) atoms. The van der Waals surface area contributed by atoms with Gasteiger partial charge in [0, 0.05) is 19.3 Å². The number of carbonyl (C=O) groups is 3. The normalized spacial score (nSPS) is 12.6. The fourth-order valence-electron chi connectivity index (χ4n) is 10.5. The van der Waals surface area contributed by atoms with Crippen molar-refractivity contribution in [2.75, 3.05) is 13.2 Å². The number of hydrogen-bond donors (Lipinski definition) is 0. The third kappa shape index (κ3) is 69.3. The third-order valence-corrected chi connectivity index (χ3v) is 15.9. The molecular weight excluding hydrogens is 1020 g/mol. The van der Waals surface area contributed by atoms with Gasteiger partial charge in [0.05, 0.1) is 0 Å². The van der Waals surface area contributed by atoms with Crippen LogP contribution in [0.3, 0.4) is 0 Å². The van der Waals surface area contributed by atoms with Gasteiger partial charge in [-0.1, -0.05) is 318 Å². The Labute approximate surface area is 515 Å². The predicted molar refractivity (Wildman–Crippen MR) is 362 cm³/mol. The maximum atomic E-state index is 12.9. The van der Waals surface area contributed by atoms with Crippen molar-refractivity contribution in [1.82, 2.24) is 0 Å². The van der Waals surface area contributed by atoms with Crippen LogP contribution in [0.2, 0.25) is 0 Å². The van der Waals surface area contributed by atoms with Crippen LogP contribution in [0.1, 0.15) is 367 Å². The summed E-state index contributed by atoms with van der Waals surface area (Å²) in [5, 5.41) is 0. The number of esters is 3. The molecule has 0 aliphatic rings. The first-order chi connectivity index (χ1) is 41.0. The van der Waals surface area contributed by atoms with E-state index < -0.39 is 6.10 Å². The lowest BCUT2D eigenvalue weighted by molar-refractivity contribution is -0.167. The standard InChI is InChI=1S/C77H136O6/c1-4-7-10-13-16-19-22-25-28-31-33-34-35-36-37-38-39-40-41-42-43-44-45-47-49-52-55-58-61-64-67-70-76(79)82-73-74(72-81-75(78)69-66-63-60-57-54-51-48-30-27-24-21-18-15-12-9-6-3)83-77(80)71-68-65-62-59-56-53-50-46-32-29-26-23-20-17-14-11-8-5-2/h7,10,16,19-20,23,25,28-30,32-34,48,74H,4-6,8-9,11-15,17-18,21-22,24,26-27,31,35-47,49-73H2,1-3H3/b10-7-,19-16-,23-20-,28-25-,32-29-,34-33-,48-30-. The summed E-state index contributed by atoms with van der Waals surface area (Å²) in [4.78, 5) is 38.5. The van der Waals surface area contributed by atoms with Crippen LogP contribution in [0.25, 0.3) is 0 Å². The number of carbonyl (C=O) groups excluding carboxylic acids is 3. The second kappa shape index (κ2) is 71.1. The van der Waals surface area contributed by atoms with Crippen molar-refractivity contribution in [2.45, 2.75) is 374 Å². The number of allylic oxidation sites excluding steroid dienone is 14. The van der Waals surface area contributed by atoms with Gasteiger partial charge in [-0.05, 0) is 116 Å². The van der Waals surface area contributed by atoms with Crippen LogP contribution in [-0.2, 0) is 28.6 Å². The Kier molecular flexibility index (Phi) is 68.2. The van der Waals surface area contributed by atoms with E-state index in [1.807, 2.05) is 0 Å². The van der Waals surface area contributed by atoms with Crippen LogP contribution in [0.15, 0.2) is 85.1 Å². The minimum atomic E-state index is -0.784. The highest BCUT2D eigenvalue weighted by molar-refractivity contribution is 5.71. The molecule has 0 amide bonds. The molecule has 0 fully saturated rings. The highest BCUT2D eigenvalue weighted by Crippen LogP contribution is 2.18. The first kappa shape index (κ1) is 79.6. The molecule has 0 rings (SSSR count). The second-order valence-corrected chi connectivity index (χ2v) is 24.1. The van der Waals surface area contributed by atoms with E-state index in [1.54, 1.807) is 0 Å². The maximum Gasteiger partial charge on any atom is 0.306 e. The largest absolute Gasteiger partial charge is 0.462 e. The van der Waals surface area contributed by atoms with Crippen molar-refractivity contribution in [3.05, 3.63) is 85.1 Å². The van der Waals surface area contributed by atoms with E-state index in [4.69, 9.17) is 14.2 Å². The van der Waals surface area contributed by atoms with Crippen molar-refractivity contribution < 1.29 is 28.6 Å². The Balaban J connectivity index is 4.24. The lowest BCUT2D eigenvalue weighted by Crippen LogP contribution is -2.30. The molecule has 480 valence electrons. The molecule has 0 aliphatic heterocycles. The smallest absolute Gasteiger partial charge is 0.306 e. The Morgan fingerprint density at radius 1 is 0.253 bits per heavy atom. The zero-order valence-corrected chi connectivity index (χ0v) is 55.2. The van der Waals surface area contributed by atoms with E-state index in [0.717, 1.165) is 103 Å². The Morgan fingerprint density at radius 2 is 0.470 bits per heavy atom. The molecule has 0 aromatic heterocycles. The summed E-state index contributed by atoms with van der Waals surface area (Å²) in [7, 11) is 0. The fourth-order valence-corrected chi connectivity index (χ4v) is 10.5. The summed E-state index contributed by atoms with van der Waals surface area (Å²) in [5.74, 6) is -0.874. The number of unbranched alkanes of at least 4 members (excludes halogenated alkanes) is 41. The Hall–Kier alpha value is -3.41. The zero-order valence-electron chi connectivity index (χ0n) is 55.2. The average Bonchev–Trinajstić information content (AvgIpc) is 3.49. The second-order valence-electron chi connectivity index (χ2n) is 24.1. The Bertz CT molecular complexity index is 1570. The van der Waals surface area contributed by atoms with Crippen molar-refractivity contribution in [3.63, 3.8) is 0 Å². The third-order valence-electron chi connectivity index (χ3n) is 15.9. The van der Waals surface area contributed by atoms with E-state index in [2.05, 4.69) is 106 Å². The highest BCUT2D eigenvalue weighted by atomic mass is 16.6. The maximum absolute atomic E-state index is 12.9. The van der Waals surface area contributed by atoms with Gasteiger partial charge in [-0.3, -0.25) is 14.4 Å². The van der Waals surface area contributed by atoms with Crippen LogP contribution in [0.4, 0.5) is 0 Å². The molecule has 0 spiro atoms. The van der Waals surface area contributed by atoms with Crippen LogP contribution in [0, 0.1) is 0 Å². The van der Waals surface area contributed by atoms with Gasteiger partial charge in [-0.25, -0.2) is 0 Å². The molecular formula is C77H136O6. The van der Waals surface area contributed by atoms with Gasteiger partial charge >= 0.3 is 17.9 Å². The monoisotopic (exact) mass is 1160 g/mol.